The summed E-state index contributed by atoms with van der Waals surface area (Å²) in [5, 5.41) is 3.14. The Balaban J connectivity index is 1.94. The van der Waals surface area contributed by atoms with E-state index in [1.54, 1.807) is 24.4 Å². The molecule has 0 saturated heterocycles. The lowest BCUT2D eigenvalue weighted by Gasteiger charge is -2.11. The molecule has 0 spiro atoms. The molecule has 1 N–H and O–H groups in total. The fourth-order valence-corrected chi connectivity index (χ4v) is 1.79. The first-order valence-corrected chi connectivity index (χ1v) is 6.17. The van der Waals surface area contributed by atoms with E-state index in [0.717, 1.165) is 5.69 Å². The summed E-state index contributed by atoms with van der Waals surface area (Å²) in [5.74, 6) is 0.889. The number of nitrogens with one attached hydrogen (secondary N) is 1. The second-order valence-electron chi connectivity index (χ2n) is 4.18. The van der Waals surface area contributed by atoms with Crippen LogP contribution in [0.1, 0.15) is 17.1 Å². The molecule has 1 aromatic heterocycles. The van der Waals surface area contributed by atoms with E-state index >= 15 is 0 Å². The van der Waals surface area contributed by atoms with E-state index in [0.29, 0.717) is 24.5 Å². The lowest BCUT2D eigenvalue weighted by molar-refractivity contribution is -0.0505. The highest BCUT2D eigenvalue weighted by Gasteiger charge is 2.08. The van der Waals surface area contributed by atoms with Gasteiger partial charge in [0.2, 0.25) is 0 Å². The highest BCUT2D eigenvalue weighted by Crippen LogP contribution is 2.19. The van der Waals surface area contributed by atoms with Crippen molar-refractivity contribution in [3.8, 4) is 5.75 Å². The molecule has 4 nitrogen and oxygen atoms in total. The third-order valence-corrected chi connectivity index (χ3v) is 2.64. The van der Waals surface area contributed by atoms with Gasteiger partial charge in [-0.15, -0.1) is 0 Å². The average molecular weight is 279 g/mol. The van der Waals surface area contributed by atoms with Crippen LogP contribution < -0.4 is 10.1 Å². The zero-order valence-corrected chi connectivity index (χ0v) is 11.0. The van der Waals surface area contributed by atoms with Gasteiger partial charge in [-0.1, -0.05) is 18.2 Å². The second-order valence-corrected chi connectivity index (χ2v) is 4.18. The van der Waals surface area contributed by atoms with Gasteiger partial charge in [0, 0.05) is 24.8 Å². The zero-order chi connectivity index (χ0) is 14.4. The molecule has 1 aromatic carbocycles. The van der Waals surface area contributed by atoms with E-state index in [4.69, 9.17) is 0 Å². The van der Waals surface area contributed by atoms with Crippen molar-refractivity contribution in [2.45, 2.75) is 26.6 Å². The summed E-state index contributed by atoms with van der Waals surface area (Å²) < 4.78 is 29.0. The van der Waals surface area contributed by atoms with Gasteiger partial charge in [-0.3, -0.25) is 0 Å². The monoisotopic (exact) mass is 279 g/mol. The minimum absolute atomic E-state index is 0.189. The van der Waals surface area contributed by atoms with Crippen molar-refractivity contribution in [3.63, 3.8) is 0 Å². The molecule has 0 saturated carbocycles. The van der Waals surface area contributed by atoms with Gasteiger partial charge >= 0.3 is 6.61 Å². The van der Waals surface area contributed by atoms with Crippen LogP contribution in [0.3, 0.4) is 0 Å². The Kier molecular flexibility index (Phi) is 4.95. The number of aromatic nitrogens is 2. The van der Waals surface area contributed by atoms with Crippen LogP contribution in [0.2, 0.25) is 0 Å². The molecular formula is C14H15F2N3O. The molecule has 0 unspecified atom stereocenters. The summed E-state index contributed by atoms with van der Waals surface area (Å²) in [5.41, 5.74) is 1.53. The highest BCUT2D eigenvalue weighted by molar-refractivity contribution is 5.33. The second kappa shape index (κ2) is 6.91. The summed E-state index contributed by atoms with van der Waals surface area (Å²) in [6.45, 7) is -0.0474. The number of para-hydroxylation sites is 1. The molecule has 106 valence electrons. The van der Waals surface area contributed by atoms with Crippen LogP contribution >= 0.6 is 0 Å². The van der Waals surface area contributed by atoms with E-state index in [-0.39, 0.29) is 5.75 Å². The minimum atomic E-state index is -2.82. The maximum absolute atomic E-state index is 12.3. The predicted molar refractivity (Wildman–Crippen MR) is 70.4 cm³/mol. The highest BCUT2D eigenvalue weighted by atomic mass is 19.3. The van der Waals surface area contributed by atoms with Crippen molar-refractivity contribution in [1.29, 1.82) is 0 Å². The Morgan fingerprint density at radius 1 is 1.20 bits per heavy atom. The van der Waals surface area contributed by atoms with Gasteiger partial charge in [-0.2, -0.15) is 8.78 Å². The van der Waals surface area contributed by atoms with Crippen LogP contribution in [-0.2, 0) is 13.1 Å². The van der Waals surface area contributed by atoms with Crippen molar-refractivity contribution in [2.24, 2.45) is 0 Å². The molecule has 0 aliphatic rings. The summed E-state index contributed by atoms with van der Waals surface area (Å²) in [6.07, 6.45) is 1.69. The number of hydrogen-bond donors (Lipinski definition) is 1. The number of alkyl halides is 2. The first-order valence-electron chi connectivity index (χ1n) is 6.17. The van der Waals surface area contributed by atoms with Crippen molar-refractivity contribution in [2.75, 3.05) is 0 Å². The molecular weight excluding hydrogens is 264 g/mol. The van der Waals surface area contributed by atoms with Gasteiger partial charge in [0.1, 0.15) is 11.6 Å². The predicted octanol–water partition coefficient (Wildman–Crippen LogP) is 2.68. The standard InChI is InChI=1S/C14H15F2N3O/c1-10-18-7-6-12(19-10)9-17-8-11-4-2-3-5-13(11)20-14(15)16/h2-7,14,17H,8-9H2,1H3. The molecule has 2 aromatic rings. The smallest absolute Gasteiger partial charge is 0.387 e. The molecule has 20 heavy (non-hydrogen) atoms. The summed E-state index contributed by atoms with van der Waals surface area (Å²) in [7, 11) is 0. The van der Waals surface area contributed by atoms with Gasteiger partial charge < -0.3 is 10.1 Å². The van der Waals surface area contributed by atoms with Gasteiger partial charge in [0.15, 0.2) is 0 Å². The van der Waals surface area contributed by atoms with Crippen LogP contribution in [0.5, 0.6) is 5.75 Å². The van der Waals surface area contributed by atoms with Crippen molar-refractivity contribution < 1.29 is 13.5 Å². The molecule has 0 bridgehead atoms. The van der Waals surface area contributed by atoms with E-state index in [2.05, 4.69) is 20.0 Å². The van der Waals surface area contributed by atoms with Crippen molar-refractivity contribution in [3.05, 3.63) is 53.6 Å². The molecule has 0 atom stereocenters. The quantitative estimate of drug-likeness (QED) is 0.883. The number of nitrogens with zero attached hydrogens (tertiary/aromatic N) is 2. The molecule has 0 aliphatic carbocycles. The van der Waals surface area contributed by atoms with Crippen LogP contribution in [0.4, 0.5) is 8.78 Å². The van der Waals surface area contributed by atoms with Crippen molar-refractivity contribution in [1.82, 2.24) is 15.3 Å². The zero-order valence-electron chi connectivity index (χ0n) is 11.0. The van der Waals surface area contributed by atoms with Gasteiger partial charge in [-0.25, -0.2) is 9.97 Å². The van der Waals surface area contributed by atoms with Crippen LogP contribution in [0.15, 0.2) is 36.5 Å². The first kappa shape index (κ1) is 14.3. The SMILES string of the molecule is Cc1nccc(CNCc2ccccc2OC(F)F)n1. The van der Waals surface area contributed by atoms with E-state index < -0.39 is 6.61 Å². The molecule has 0 amide bonds. The van der Waals surface area contributed by atoms with Crippen LogP contribution in [0.25, 0.3) is 0 Å². The topological polar surface area (TPSA) is 47.0 Å². The lowest BCUT2D eigenvalue weighted by atomic mass is 10.2. The molecule has 2 rings (SSSR count). The number of hydrogen-bond acceptors (Lipinski definition) is 4. The number of rotatable bonds is 6. The fourth-order valence-electron chi connectivity index (χ4n) is 1.79. The van der Waals surface area contributed by atoms with Gasteiger partial charge in [0.25, 0.3) is 0 Å². The minimum Gasteiger partial charge on any atom is -0.434 e. The lowest BCUT2D eigenvalue weighted by Crippen LogP contribution is -2.15. The summed E-state index contributed by atoms with van der Waals surface area (Å²) >= 11 is 0. The third-order valence-electron chi connectivity index (χ3n) is 2.64. The van der Waals surface area contributed by atoms with Crippen LogP contribution in [0, 0.1) is 6.92 Å². The van der Waals surface area contributed by atoms with Gasteiger partial charge in [0.05, 0.1) is 5.69 Å². The summed E-state index contributed by atoms with van der Waals surface area (Å²) in [4.78, 5) is 8.26. The van der Waals surface area contributed by atoms with E-state index in [1.165, 1.54) is 6.07 Å². The number of benzene rings is 1. The van der Waals surface area contributed by atoms with E-state index in [9.17, 15) is 8.78 Å². The Morgan fingerprint density at radius 2 is 2.00 bits per heavy atom. The maximum Gasteiger partial charge on any atom is 0.387 e. The van der Waals surface area contributed by atoms with E-state index in [1.807, 2.05) is 13.0 Å². The molecule has 0 radical (unpaired) electrons. The number of halogens is 2. The molecule has 0 aliphatic heterocycles. The Labute approximate surface area is 115 Å². The molecule has 6 heteroatoms. The Hall–Kier alpha value is -2.08. The fraction of sp³-hybridized carbons (Fsp3) is 0.286. The average Bonchev–Trinajstić information content (AvgIpc) is 2.40. The van der Waals surface area contributed by atoms with Crippen molar-refractivity contribution >= 4 is 0 Å². The Bertz CT molecular complexity index is 564. The number of aryl methyl sites for hydroxylation is 1. The number of ether oxygens (including phenoxy) is 1. The Morgan fingerprint density at radius 3 is 2.75 bits per heavy atom. The van der Waals surface area contributed by atoms with Crippen LogP contribution in [-0.4, -0.2) is 16.6 Å². The maximum atomic E-state index is 12.3. The molecule has 1 heterocycles. The third kappa shape index (κ3) is 4.24. The first-order chi connectivity index (χ1) is 9.65. The largest absolute Gasteiger partial charge is 0.434 e. The normalized spacial score (nSPS) is 10.8. The summed E-state index contributed by atoms with van der Waals surface area (Å²) in [6, 6.07) is 8.52. The molecule has 0 fully saturated rings. The van der Waals surface area contributed by atoms with Gasteiger partial charge in [-0.05, 0) is 19.1 Å².